The fourth-order valence-corrected chi connectivity index (χ4v) is 4.66. The largest absolute Gasteiger partial charge is 0.418 e. The van der Waals surface area contributed by atoms with Gasteiger partial charge < -0.3 is 20.9 Å². The van der Waals surface area contributed by atoms with Gasteiger partial charge in [0.1, 0.15) is 5.82 Å². The van der Waals surface area contributed by atoms with Crippen LogP contribution < -0.4 is 20.9 Å². The molecule has 0 unspecified atom stereocenters. The van der Waals surface area contributed by atoms with E-state index < -0.39 is 23.5 Å². The van der Waals surface area contributed by atoms with E-state index in [2.05, 4.69) is 20.9 Å². The third-order valence-corrected chi connectivity index (χ3v) is 6.61. The molecule has 0 spiro atoms. The summed E-state index contributed by atoms with van der Waals surface area (Å²) in [6, 6.07) is 10.7. The molecule has 0 radical (unpaired) electrons. The summed E-state index contributed by atoms with van der Waals surface area (Å²) in [5, 5.41) is 9.21. The van der Waals surface area contributed by atoms with Gasteiger partial charge in [-0.3, -0.25) is 0 Å². The average Bonchev–Trinajstić information content (AvgIpc) is 2.83. The van der Waals surface area contributed by atoms with Crippen molar-refractivity contribution in [1.82, 2.24) is 15.3 Å². The summed E-state index contributed by atoms with van der Waals surface area (Å²) in [6.45, 7) is 0.363. The summed E-state index contributed by atoms with van der Waals surface area (Å²) in [5.41, 5.74) is -0.551. The number of urea groups is 1. The van der Waals surface area contributed by atoms with Crippen LogP contribution in [0.25, 0.3) is 10.9 Å². The van der Waals surface area contributed by atoms with E-state index in [1.165, 1.54) is 12.1 Å². The number of nitrogens with one attached hydrogen (secondary N) is 3. The van der Waals surface area contributed by atoms with Crippen LogP contribution in [-0.4, -0.2) is 42.7 Å². The lowest BCUT2D eigenvalue weighted by Crippen LogP contribution is -2.36. The predicted octanol–water partition coefficient (Wildman–Crippen LogP) is 6.16. The Morgan fingerprint density at radius 1 is 1.06 bits per heavy atom. The first-order chi connectivity index (χ1) is 17.1. The van der Waals surface area contributed by atoms with Crippen LogP contribution in [0.5, 0.6) is 0 Å². The van der Waals surface area contributed by atoms with E-state index in [9.17, 15) is 18.0 Å². The summed E-state index contributed by atoms with van der Waals surface area (Å²) in [4.78, 5) is 23.6. The highest BCUT2D eigenvalue weighted by molar-refractivity contribution is 6.33. The molecule has 3 aromatic rings. The molecule has 192 valence electrons. The number of fused-ring (bicyclic) bond motifs is 1. The smallest absolute Gasteiger partial charge is 0.362 e. The molecule has 7 nitrogen and oxygen atoms in total. The maximum Gasteiger partial charge on any atom is 0.418 e. The second-order valence-electron chi connectivity index (χ2n) is 9.14. The lowest BCUT2D eigenvalue weighted by molar-refractivity contribution is -0.136. The topological polar surface area (TPSA) is 82.2 Å². The molecule has 36 heavy (non-hydrogen) atoms. The first kappa shape index (κ1) is 25.8. The van der Waals surface area contributed by atoms with Gasteiger partial charge in [0.15, 0.2) is 0 Å². The Labute approximate surface area is 212 Å². The number of para-hydroxylation sites is 2. The molecule has 11 heteroatoms. The molecule has 1 aromatic heterocycles. The van der Waals surface area contributed by atoms with Gasteiger partial charge in [-0.15, -0.1) is 0 Å². The van der Waals surface area contributed by atoms with Crippen LogP contribution in [0.15, 0.2) is 42.5 Å². The predicted molar refractivity (Wildman–Crippen MR) is 137 cm³/mol. The molecule has 0 bridgehead atoms. The number of hydrogen-bond acceptors (Lipinski definition) is 5. The van der Waals surface area contributed by atoms with Crippen molar-refractivity contribution in [2.45, 2.75) is 37.9 Å². The minimum absolute atomic E-state index is 0.167. The van der Waals surface area contributed by atoms with Crippen molar-refractivity contribution < 1.29 is 18.0 Å². The Hall–Kier alpha value is -3.27. The van der Waals surface area contributed by atoms with Crippen molar-refractivity contribution in [2.24, 2.45) is 5.92 Å². The van der Waals surface area contributed by atoms with E-state index in [1.54, 1.807) is 0 Å². The Kier molecular flexibility index (Phi) is 7.73. The standard InChI is InChI=1S/C25H28ClF3N6O/c1-35(2)22-17-6-3-4-9-20(17)32-23(34-22)31-16-12-10-15(11-13-16)14-30-24(36)33-21-18(25(27,28)29)7-5-8-19(21)26/h3-9,15-16H,10-14H2,1-2H3,(H2,30,33,36)(H,31,32,34)/t15-,16+. The minimum atomic E-state index is -4.62. The van der Waals surface area contributed by atoms with Crippen molar-refractivity contribution in [2.75, 3.05) is 36.2 Å². The van der Waals surface area contributed by atoms with Crippen molar-refractivity contribution in [3.63, 3.8) is 0 Å². The monoisotopic (exact) mass is 520 g/mol. The normalized spacial score (nSPS) is 18.1. The molecular weight excluding hydrogens is 493 g/mol. The number of carbonyl (C=O) groups excluding carboxylic acids is 1. The van der Waals surface area contributed by atoms with Gasteiger partial charge in [0.05, 0.1) is 21.8 Å². The SMILES string of the molecule is CN(C)c1nc(N[C@H]2CC[C@@H](CNC(=O)Nc3c(Cl)cccc3C(F)(F)F)CC2)nc2ccccc12. The number of carbonyl (C=O) groups is 1. The van der Waals surface area contributed by atoms with Gasteiger partial charge in [0, 0.05) is 32.1 Å². The number of amides is 2. The number of halogens is 4. The fourth-order valence-electron chi connectivity index (χ4n) is 4.44. The maximum atomic E-state index is 13.2. The zero-order valence-electron chi connectivity index (χ0n) is 20.0. The maximum absolute atomic E-state index is 13.2. The van der Waals surface area contributed by atoms with Gasteiger partial charge in [-0.25, -0.2) is 9.78 Å². The van der Waals surface area contributed by atoms with E-state index in [0.29, 0.717) is 12.5 Å². The number of alkyl halides is 3. The van der Waals surface area contributed by atoms with Crippen LogP contribution in [-0.2, 0) is 6.18 Å². The second-order valence-corrected chi connectivity index (χ2v) is 9.55. The first-order valence-electron chi connectivity index (χ1n) is 11.7. The van der Waals surface area contributed by atoms with Gasteiger partial charge in [-0.2, -0.15) is 18.2 Å². The Balaban J connectivity index is 1.30. The molecule has 0 aliphatic heterocycles. The van der Waals surface area contributed by atoms with E-state index in [-0.39, 0.29) is 17.0 Å². The molecule has 0 saturated heterocycles. The molecule has 2 amide bonds. The molecule has 4 rings (SSSR count). The van der Waals surface area contributed by atoms with Crippen LogP contribution in [0.2, 0.25) is 5.02 Å². The summed E-state index contributed by atoms with van der Waals surface area (Å²) in [7, 11) is 3.89. The third-order valence-electron chi connectivity index (χ3n) is 6.30. The lowest BCUT2D eigenvalue weighted by Gasteiger charge is -2.29. The van der Waals surface area contributed by atoms with Crippen molar-refractivity contribution in [3.8, 4) is 0 Å². The van der Waals surface area contributed by atoms with Gasteiger partial charge in [-0.1, -0.05) is 29.8 Å². The number of hydrogen-bond donors (Lipinski definition) is 3. The average molecular weight is 521 g/mol. The summed E-state index contributed by atoms with van der Waals surface area (Å²) >= 11 is 5.91. The molecule has 3 N–H and O–H groups in total. The zero-order chi connectivity index (χ0) is 25.9. The fraction of sp³-hybridized carbons (Fsp3) is 0.400. The van der Waals surface area contributed by atoms with Crippen LogP contribution in [0.1, 0.15) is 31.2 Å². The van der Waals surface area contributed by atoms with Gasteiger partial charge in [0.25, 0.3) is 0 Å². The van der Waals surface area contributed by atoms with E-state index in [4.69, 9.17) is 16.6 Å². The highest BCUT2D eigenvalue weighted by Crippen LogP contribution is 2.38. The third kappa shape index (κ3) is 6.10. The quantitative estimate of drug-likeness (QED) is 0.362. The molecule has 1 heterocycles. The van der Waals surface area contributed by atoms with Crippen molar-refractivity contribution >= 4 is 46.0 Å². The molecule has 0 atom stereocenters. The number of rotatable bonds is 6. The van der Waals surface area contributed by atoms with E-state index >= 15 is 0 Å². The van der Waals surface area contributed by atoms with Gasteiger partial charge >= 0.3 is 12.2 Å². The molecule has 1 saturated carbocycles. The van der Waals surface area contributed by atoms with Gasteiger partial charge in [-0.05, 0) is 55.9 Å². The van der Waals surface area contributed by atoms with Gasteiger partial charge in [0.2, 0.25) is 5.95 Å². The van der Waals surface area contributed by atoms with Crippen LogP contribution in [0.3, 0.4) is 0 Å². The summed E-state index contributed by atoms with van der Waals surface area (Å²) in [6.07, 6.45) is -1.19. The minimum Gasteiger partial charge on any atom is -0.362 e. The molecule has 1 aliphatic carbocycles. The lowest BCUT2D eigenvalue weighted by atomic mass is 9.86. The van der Waals surface area contributed by atoms with Crippen LogP contribution >= 0.6 is 11.6 Å². The van der Waals surface area contributed by atoms with Crippen LogP contribution in [0, 0.1) is 5.92 Å². The summed E-state index contributed by atoms with van der Waals surface area (Å²) < 4.78 is 39.7. The number of benzene rings is 2. The second kappa shape index (κ2) is 10.8. The highest BCUT2D eigenvalue weighted by Gasteiger charge is 2.35. The van der Waals surface area contributed by atoms with E-state index in [1.807, 2.05) is 43.3 Å². The first-order valence-corrected chi connectivity index (χ1v) is 12.1. The molecule has 1 aliphatic rings. The highest BCUT2D eigenvalue weighted by atomic mass is 35.5. The number of nitrogens with zero attached hydrogens (tertiary/aromatic N) is 3. The van der Waals surface area contributed by atoms with Crippen LogP contribution in [0.4, 0.5) is 35.4 Å². The summed E-state index contributed by atoms with van der Waals surface area (Å²) in [5.74, 6) is 1.65. The Morgan fingerprint density at radius 3 is 2.47 bits per heavy atom. The number of anilines is 3. The Morgan fingerprint density at radius 2 is 1.78 bits per heavy atom. The molecule has 1 fully saturated rings. The zero-order valence-corrected chi connectivity index (χ0v) is 20.7. The molecular formula is C25H28ClF3N6O. The molecule has 2 aromatic carbocycles. The van der Waals surface area contributed by atoms with Crippen molar-refractivity contribution in [3.05, 3.63) is 53.1 Å². The van der Waals surface area contributed by atoms with E-state index in [0.717, 1.165) is 48.5 Å². The van der Waals surface area contributed by atoms with Crippen molar-refractivity contribution in [1.29, 1.82) is 0 Å². The Bertz CT molecular complexity index is 1230. The number of aromatic nitrogens is 2.